The number of halogens is 1. The van der Waals surface area contributed by atoms with E-state index in [2.05, 4.69) is 16.9 Å². The van der Waals surface area contributed by atoms with E-state index >= 15 is 0 Å². The molecule has 1 atom stereocenters. The Morgan fingerprint density at radius 1 is 1.28 bits per heavy atom. The molecule has 0 aliphatic heterocycles. The van der Waals surface area contributed by atoms with Gasteiger partial charge in [-0.2, -0.15) is 0 Å². The molecule has 0 aliphatic rings. The van der Waals surface area contributed by atoms with Crippen molar-refractivity contribution in [2.75, 3.05) is 11.6 Å². The van der Waals surface area contributed by atoms with Crippen LogP contribution in [-0.2, 0) is 13.6 Å². The summed E-state index contributed by atoms with van der Waals surface area (Å²) in [7, 11) is 1.58. The van der Waals surface area contributed by atoms with E-state index in [1.54, 1.807) is 7.05 Å². The highest BCUT2D eigenvalue weighted by Crippen LogP contribution is 2.23. The lowest BCUT2D eigenvalue weighted by molar-refractivity contribution is 0.223. The lowest BCUT2D eigenvalue weighted by Crippen LogP contribution is -2.29. The summed E-state index contributed by atoms with van der Waals surface area (Å²) in [5, 5.41) is 10.3. The average Bonchev–Trinajstić information content (AvgIpc) is 2.96. The number of imidazole rings is 1. The van der Waals surface area contributed by atoms with Crippen LogP contribution in [0.3, 0.4) is 0 Å². The fourth-order valence-corrected chi connectivity index (χ4v) is 3.81. The summed E-state index contributed by atoms with van der Waals surface area (Å²) in [6.45, 7) is 2.82. The Balaban J connectivity index is 2.34. The number of H-pyrrole nitrogens is 1. The van der Waals surface area contributed by atoms with Crippen molar-refractivity contribution >= 4 is 34.5 Å². The summed E-state index contributed by atoms with van der Waals surface area (Å²) in [6, 6.07) is 0. The van der Waals surface area contributed by atoms with Crippen molar-refractivity contribution < 1.29 is 5.11 Å². The highest BCUT2D eigenvalue weighted by molar-refractivity contribution is 7.99. The molecular formula is C16H25ClN4O3S. The number of aryl methyl sites for hydroxylation is 2. The molecular weight excluding hydrogens is 364 g/mol. The highest BCUT2D eigenvalue weighted by atomic mass is 35.5. The third-order valence-corrected chi connectivity index (χ3v) is 5.52. The van der Waals surface area contributed by atoms with E-state index in [-0.39, 0.29) is 5.88 Å². The lowest BCUT2D eigenvalue weighted by atomic mass is 10.1. The molecule has 2 heterocycles. The van der Waals surface area contributed by atoms with Crippen LogP contribution in [0.1, 0.15) is 39.0 Å². The van der Waals surface area contributed by atoms with Crippen molar-refractivity contribution in [1.29, 1.82) is 0 Å². The SMILES string of the molecule is CCCCCCCn1c(SCC(O)CCl)nc2c1c(=O)[nH]c(=O)n2C. The summed E-state index contributed by atoms with van der Waals surface area (Å²) in [5.41, 5.74) is -0.142. The fraction of sp³-hybridized carbons (Fsp3) is 0.688. The maximum absolute atomic E-state index is 12.3. The van der Waals surface area contributed by atoms with Crippen LogP contribution in [0.15, 0.2) is 14.7 Å². The highest BCUT2D eigenvalue weighted by Gasteiger charge is 2.18. The predicted molar refractivity (Wildman–Crippen MR) is 102 cm³/mol. The van der Waals surface area contributed by atoms with Gasteiger partial charge in [-0.05, 0) is 6.42 Å². The smallest absolute Gasteiger partial charge is 0.329 e. The largest absolute Gasteiger partial charge is 0.391 e. The van der Waals surface area contributed by atoms with E-state index in [9.17, 15) is 14.7 Å². The van der Waals surface area contributed by atoms with Crippen LogP contribution in [0.5, 0.6) is 0 Å². The van der Waals surface area contributed by atoms with Crippen LogP contribution in [0, 0.1) is 0 Å². The van der Waals surface area contributed by atoms with Crippen molar-refractivity contribution in [3.8, 4) is 0 Å². The molecule has 0 aromatic carbocycles. The lowest BCUT2D eigenvalue weighted by Gasteiger charge is -2.10. The van der Waals surface area contributed by atoms with E-state index in [1.165, 1.54) is 29.2 Å². The molecule has 0 spiro atoms. The van der Waals surface area contributed by atoms with Gasteiger partial charge in [0.25, 0.3) is 5.56 Å². The van der Waals surface area contributed by atoms with Crippen LogP contribution in [0.2, 0.25) is 0 Å². The van der Waals surface area contributed by atoms with E-state index in [4.69, 9.17) is 11.6 Å². The second-order valence-corrected chi connectivity index (χ2v) is 7.37. The normalized spacial score (nSPS) is 12.8. The number of aromatic amines is 1. The molecule has 2 rings (SSSR count). The molecule has 0 amide bonds. The number of alkyl halides is 1. The summed E-state index contributed by atoms with van der Waals surface area (Å²) < 4.78 is 3.19. The van der Waals surface area contributed by atoms with Crippen LogP contribution < -0.4 is 11.2 Å². The average molecular weight is 389 g/mol. The van der Waals surface area contributed by atoms with Crippen molar-refractivity contribution in [2.24, 2.45) is 7.05 Å². The number of rotatable bonds is 10. The zero-order valence-electron chi connectivity index (χ0n) is 14.6. The van der Waals surface area contributed by atoms with Gasteiger partial charge in [-0.3, -0.25) is 14.3 Å². The van der Waals surface area contributed by atoms with Crippen molar-refractivity contribution in [2.45, 2.75) is 56.8 Å². The number of nitrogens with one attached hydrogen (secondary N) is 1. The summed E-state index contributed by atoms with van der Waals surface area (Å²) in [6.07, 6.45) is 4.89. The molecule has 1 unspecified atom stereocenters. The van der Waals surface area contributed by atoms with Gasteiger partial charge in [-0.15, -0.1) is 11.6 Å². The Hall–Kier alpha value is -1.25. The van der Waals surface area contributed by atoms with E-state index in [0.717, 1.165) is 19.3 Å². The quantitative estimate of drug-likeness (QED) is 0.369. The number of nitrogens with zero attached hydrogens (tertiary/aromatic N) is 3. The van der Waals surface area contributed by atoms with Gasteiger partial charge in [0.2, 0.25) is 0 Å². The minimum Gasteiger partial charge on any atom is -0.391 e. The summed E-state index contributed by atoms with van der Waals surface area (Å²) in [4.78, 5) is 30.9. The minimum atomic E-state index is -0.647. The maximum atomic E-state index is 12.3. The van der Waals surface area contributed by atoms with Crippen molar-refractivity contribution in [1.82, 2.24) is 19.1 Å². The Bertz CT molecular complexity index is 814. The number of unbranched alkanes of at least 4 members (excludes halogenated alkanes) is 4. The molecule has 140 valence electrons. The molecule has 0 radical (unpaired) electrons. The van der Waals surface area contributed by atoms with Crippen LogP contribution in [0.4, 0.5) is 0 Å². The molecule has 2 aromatic rings. The molecule has 0 aliphatic carbocycles. The second kappa shape index (κ2) is 9.45. The number of fused-ring (bicyclic) bond motifs is 1. The van der Waals surface area contributed by atoms with Crippen molar-refractivity contribution in [3.63, 3.8) is 0 Å². The number of thioether (sulfide) groups is 1. The Morgan fingerprint density at radius 2 is 2.00 bits per heavy atom. The number of aliphatic hydroxyl groups is 1. The molecule has 0 saturated carbocycles. The van der Waals surface area contributed by atoms with Gasteiger partial charge in [-0.1, -0.05) is 44.4 Å². The molecule has 2 aromatic heterocycles. The van der Waals surface area contributed by atoms with Gasteiger partial charge in [0.1, 0.15) is 0 Å². The number of aliphatic hydroxyl groups excluding tert-OH is 1. The standard InChI is InChI=1S/C16H25ClN4O3S/c1-3-4-5-6-7-8-21-12-13(20(2)15(24)19-14(12)23)18-16(21)25-10-11(22)9-17/h11,22H,3-10H2,1-2H3,(H,19,23,24). The van der Waals surface area contributed by atoms with Gasteiger partial charge < -0.3 is 9.67 Å². The van der Waals surface area contributed by atoms with Gasteiger partial charge in [0, 0.05) is 25.2 Å². The summed E-state index contributed by atoms with van der Waals surface area (Å²) in [5.74, 6) is 0.526. The Kier molecular flexibility index (Phi) is 7.58. The van der Waals surface area contributed by atoms with Gasteiger partial charge >= 0.3 is 5.69 Å². The van der Waals surface area contributed by atoms with Crippen LogP contribution >= 0.6 is 23.4 Å². The van der Waals surface area contributed by atoms with Gasteiger partial charge in [0.15, 0.2) is 16.3 Å². The van der Waals surface area contributed by atoms with Crippen LogP contribution in [-0.4, -0.2) is 41.9 Å². The first-order chi connectivity index (χ1) is 12.0. The first kappa shape index (κ1) is 20.1. The third kappa shape index (κ3) is 4.89. The predicted octanol–water partition coefficient (Wildman–Crippen LogP) is 2.09. The fourth-order valence-electron chi connectivity index (χ4n) is 2.62. The molecule has 0 saturated heterocycles. The number of aromatic nitrogens is 4. The summed E-state index contributed by atoms with van der Waals surface area (Å²) >= 11 is 7.00. The molecule has 9 heteroatoms. The molecule has 7 nitrogen and oxygen atoms in total. The molecule has 2 N–H and O–H groups in total. The molecule has 25 heavy (non-hydrogen) atoms. The van der Waals surface area contributed by atoms with E-state index < -0.39 is 17.4 Å². The molecule has 0 fully saturated rings. The zero-order chi connectivity index (χ0) is 18.4. The minimum absolute atomic E-state index is 0.142. The Morgan fingerprint density at radius 3 is 2.68 bits per heavy atom. The van der Waals surface area contributed by atoms with Crippen molar-refractivity contribution in [3.05, 3.63) is 20.8 Å². The van der Waals surface area contributed by atoms with E-state index in [1.807, 2.05) is 4.57 Å². The number of hydrogen-bond donors (Lipinski definition) is 2. The second-order valence-electron chi connectivity index (χ2n) is 6.07. The van der Waals surface area contributed by atoms with Gasteiger partial charge in [-0.25, -0.2) is 9.78 Å². The first-order valence-electron chi connectivity index (χ1n) is 8.56. The van der Waals surface area contributed by atoms with Crippen LogP contribution in [0.25, 0.3) is 11.2 Å². The van der Waals surface area contributed by atoms with Gasteiger partial charge in [0.05, 0.1) is 6.10 Å². The maximum Gasteiger partial charge on any atom is 0.329 e. The third-order valence-electron chi connectivity index (χ3n) is 4.04. The van der Waals surface area contributed by atoms with E-state index in [0.29, 0.717) is 28.6 Å². The molecule has 0 bridgehead atoms. The monoisotopic (exact) mass is 388 g/mol. The topological polar surface area (TPSA) is 92.9 Å². The first-order valence-corrected chi connectivity index (χ1v) is 10.1. The zero-order valence-corrected chi connectivity index (χ0v) is 16.2. The number of hydrogen-bond acceptors (Lipinski definition) is 5. The Labute approximate surface area is 155 Å².